The largest absolute Gasteiger partial charge is 0.314 e. The Balaban J connectivity index is 1.97. The first-order valence-electron chi connectivity index (χ1n) is 7.10. The molecule has 0 bridgehead atoms. The van der Waals surface area contributed by atoms with Crippen LogP contribution in [-0.4, -0.2) is 12.6 Å². The van der Waals surface area contributed by atoms with Crippen LogP contribution in [0.5, 0.6) is 0 Å². The van der Waals surface area contributed by atoms with Crippen molar-refractivity contribution in [2.45, 2.75) is 77.7 Å². The number of rotatable bonds is 10. The molecule has 1 heteroatoms. The first-order valence-corrected chi connectivity index (χ1v) is 7.10. The van der Waals surface area contributed by atoms with Gasteiger partial charge in [-0.2, -0.15) is 0 Å². The molecule has 15 heavy (non-hydrogen) atoms. The number of unbranched alkanes of at least 4 members (excludes halogenated alkanes) is 4. The normalized spacial score (nSPS) is 18.0. The Hall–Kier alpha value is -0.0400. The van der Waals surface area contributed by atoms with Gasteiger partial charge in [0.2, 0.25) is 0 Å². The maximum Gasteiger partial charge on any atom is 0.00695 e. The van der Waals surface area contributed by atoms with Crippen molar-refractivity contribution in [2.24, 2.45) is 5.92 Å². The lowest BCUT2D eigenvalue weighted by atomic mass is 10.0. The molecule has 1 atom stereocenters. The Morgan fingerprint density at radius 3 is 2.40 bits per heavy atom. The maximum atomic E-state index is 3.64. The molecule has 1 rings (SSSR count). The van der Waals surface area contributed by atoms with E-state index in [1.54, 1.807) is 0 Å². The zero-order valence-electron chi connectivity index (χ0n) is 10.7. The predicted molar refractivity (Wildman–Crippen MR) is 68.2 cm³/mol. The third kappa shape index (κ3) is 6.94. The van der Waals surface area contributed by atoms with Crippen LogP contribution < -0.4 is 5.32 Å². The van der Waals surface area contributed by atoms with Crippen LogP contribution in [0.15, 0.2) is 0 Å². The van der Waals surface area contributed by atoms with Crippen LogP contribution in [-0.2, 0) is 0 Å². The molecule has 0 aliphatic heterocycles. The van der Waals surface area contributed by atoms with Gasteiger partial charge in [-0.1, -0.05) is 58.8 Å². The highest BCUT2D eigenvalue weighted by Crippen LogP contribution is 2.34. The minimum atomic E-state index is 0.823. The third-order valence-corrected chi connectivity index (χ3v) is 3.46. The first-order chi connectivity index (χ1) is 7.36. The van der Waals surface area contributed by atoms with E-state index in [1.807, 2.05) is 0 Å². The zero-order valence-corrected chi connectivity index (χ0v) is 10.7. The molecule has 1 N–H and O–H groups in total. The van der Waals surface area contributed by atoms with Gasteiger partial charge in [0.15, 0.2) is 0 Å². The average molecular weight is 211 g/mol. The van der Waals surface area contributed by atoms with Crippen molar-refractivity contribution in [1.82, 2.24) is 5.32 Å². The molecule has 0 aromatic rings. The summed E-state index contributed by atoms with van der Waals surface area (Å²) < 4.78 is 0. The lowest BCUT2D eigenvalue weighted by Crippen LogP contribution is -2.29. The van der Waals surface area contributed by atoms with Crippen LogP contribution in [0.2, 0.25) is 0 Å². The van der Waals surface area contributed by atoms with Crippen LogP contribution in [0.25, 0.3) is 0 Å². The zero-order chi connectivity index (χ0) is 10.9. The van der Waals surface area contributed by atoms with Crippen molar-refractivity contribution in [3.05, 3.63) is 0 Å². The van der Waals surface area contributed by atoms with Gasteiger partial charge in [-0.25, -0.2) is 0 Å². The fraction of sp³-hybridized carbons (Fsp3) is 1.00. The summed E-state index contributed by atoms with van der Waals surface area (Å²) in [6, 6.07) is 0.823. The second-order valence-electron chi connectivity index (χ2n) is 5.14. The molecule has 1 aliphatic carbocycles. The summed E-state index contributed by atoms with van der Waals surface area (Å²) in [5, 5.41) is 3.64. The maximum absolute atomic E-state index is 3.64. The average Bonchev–Trinajstić information content (AvgIpc) is 3.01. The predicted octanol–water partition coefficient (Wildman–Crippen LogP) is 4.13. The molecule has 0 aromatic heterocycles. The van der Waals surface area contributed by atoms with Crippen molar-refractivity contribution in [2.75, 3.05) is 6.54 Å². The van der Waals surface area contributed by atoms with Gasteiger partial charge < -0.3 is 5.32 Å². The Labute approximate surface area is 96.0 Å². The minimum Gasteiger partial charge on any atom is -0.314 e. The molecule has 0 amide bonds. The van der Waals surface area contributed by atoms with Gasteiger partial charge in [-0.15, -0.1) is 0 Å². The molecule has 0 radical (unpaired) electrons. The van der Waals surface area contributed by atoms with Gasteiger partial charge in [-0.05, 0) is 25.3 Å². The molecule has 1 unspecified atom stereocenters. The molecule has 0 spiro atoms. The molecular formula is C14H29N. The first kappa shape index (κ1) is 13.0. The number of nitrogens with one attached hydrogen (secondary N) is 1. The van der Waals surface area contributed by atoms with E-state index in [1.165, 1.54) is 57.8 Å². The fourth-order valence-electron chi connectivity index (χ4n) is 2.34. The molecule has 1 saturated carbocycles. The van der Waals surface area contributed by atoms with Crippen molar-refractivity contribution >= 4 is 0 Å². The molecule has 0 aromatic carbocycles. The number of hydrogen-bond acceptors (Lipinski definition) is 1. The molecule has 1 aliphatic rings. The molecule has 90 valence electrons. The fourth-order valence-corrected chi connectivity index (χ4v) is 2.34. The second-order valence-corrected chi connectivity index (χ2v) is 5.14. The van der Waals surface area contributed by atoms with Crippen molar-refractivity contribution in [3.63, 3.8) is 0 Å². The van der Waals surface area contributed by atoms with E-state index in [0.29, 0.717) is 0 Å². The van der Waals surface area contributed by atoms with Crippen molar-refractivity contribution in [1.29, 1.82) is 0 Å². The summed E-state index contributed by atoms with van der Waals surface area (Å²) in [5.74, 6) is 1.07. The van der Waals surface area contributed by atoms with E-state index in [-0.39, 0.29) is 0 Å². The van der Waals surface area contributed by atoms with E-state index in [0.717, 1.165) is 18.5 Å². The molecule has 0 saturated heterocycles. The summed E-state index contributed by atoms with van der Waals surface area (Å²) in [6.07, 6.45) is 13.0. The van der Waals surface area contributed by atoms with Gasteiger partial charge in [0.05, 0.1) is 0 Å². The Morgan fingerprint density at radius 2 is 1.80 bits per heavy atom. The van der Waals surface area contributed by atoms with Crippen molar-refractivity contribution < 1.29 is 0 Å². The monoisotopic (exact) mass is 211 g/mol. The standard InChI is InChI=1S/C14H29N/c1-3-5-6-7-8-9-14(15-4-2)12-13-10-11-13/h13-15H,3-12H2,1-2H3. The van der Waals surface area contributed by atoms with Crippen molar-refractivity contribution in [3.8, 4) is 0 Å². The third-order valence-electron chi connectivity index (χ3n) is 3.46. The van der Waals surface area contributed by atoms with E-state index in [4.69, 9.17) is 0 Å². The summed E-state index contributed by atoms with van der Waals surface area (Å²) in [7, 11) is 0. The summed E-state index contributed by atoms with van der Waals surface area (Å²) >= 11 is 0. The molecule has 1 fully saturated rings. The molecule has 1 nitrogen and oxygen atoms in total. The highest BCUT2D eigenvalue weighted by molar-refractivity contribution is 4.79. The molecule has 0 heterocycles. The smallest absolute Gasteiger partial charge is 0.00695 e. The topological polar surface area (TPSA) is 12.0 Å². The van der Waals surface area contributed by atoms with Crippen LogP contribution in [0, 0.1) is 5.92 Å². The number of hydrogen-bond donors (Lipinski definition) is 1. The summed E-state index contributed by atoms with van der Waals surface area (Å²) in [6.45, 7) is 5.66. The minimum absolute atomic E-state index is 0.823. The second kappa shape index (κ2) is 8.15. The van der Waals surface area contributed by atoms with E-state index in [2.05, 4.69) is 19.2 Å². The Bertz CT molecular complexity index is 140. The van der Waals surface area contributed by atoms with E-state index < -0.39 is 0 Å². The Kier molecular flexibility index (Phi) is 7.08. The Morgan fingerprint density at radius 1 is 1.07 bits per heavy atom. The van der Waals surface area contributed by atoms with Gasteiger partial charge in [0.1, 0.15) is 0 Å². The van der Waals surface area contributed by atoms with Gasteiger partial charge in [0, 0.05) is 6.04 Å². The van der Waals surface area contributed by atoms with Crippen LogP contribution in [0.1, 0.15) is 71.6 Å². The quantitative estimate of drug-likeness (QED) is 0.536. The van der Waals surface area contributed by atoms with Gasteiger partial charge in [-0.3, -0.25) is 0 Å². The summed E-state index contributed by atoms with van der Waals surface area (Å²) in [5.41, 5.74) is 0. The molecular weight excluding hydrogens is 182 g/mol. The van der Waals surface area contributed by atoms with E-state index in [9.17, 15) is 0 Å². The van der Waals surface area contributed by atoms with Gasteiger partial charge in [0.25, 0.3) is 0 Å². The van der Waals surface area contributed by atoms with Crippen LogP contribution >= 0.6 is 0 Å². The SMILES string of the molecule is CCCCCCCC(CC1CC1)NCC. The van der Waals surface area contributed by atoms with Crippen LogP contribution in [0.3, 0.4) is 0 Å². The highest BCUT2D eigenvalue weighted by Gasteiger charge is 2.24. The summed E-state index contributed by atoms with van der Waals surface area (Å²) in [4.78, 5) is 0. The lowest BCUT2D eigenvalue weighted by Gasteiger charge is -2.17. The van der Waals surface area contributed by atoms with Gasteiger partial charge >= 0.3 is 0 Å². The lowest BCUT2D eigenvalue weighted by molar-refractivity contribution is 0.422. The highest BCUT2D eigenvalue weighted by atomic mass is 14.9. The van der Waals surface area contributed by atoms with E-state index >= 15 is 0 Å². The van der Waals surface area contributed by atoms with Crippen LogP contribution in [0.4, 0.5) is 0 Å².